The van der Waals surface area contributed by atoms with Crippen molar-refractivity contribution in [2.24, 2.45) is 5.92 Å². The van der Waals surface area contributed by atoms with E-state index in [0.29, 0.717) is 25.1 Å². The van der Waals surface area contributed by atoms with Crippen molar-refractivity contribution in [2.45, 2.75) is 45.6 Å². The summed E-state index contributed by atoms with van der Waals surface area (Å²) in [5, 5.41) is 22.2. The third-order valence-electron chi connectivity index (χ3n) is 4.55. The van der Waals surface area contributed by atoms with E-state index in [4.69, 9.17) is 5.11 Å². The van der Waals surface area contributed by atoms with Gasteiger partial charge in [-0.2, -0.15) is 13.2 Å². The van der Waals surface area contributed by atoms with Crippen molar-refractivity contribution >= 4 is 5.97 Å². The van der Waals surface area contributed by atoms with Gasteiger partial charge in [0.2, 0.25) is 0 Å². The minimum atomic E-state index is -4.36. The molecule has 3 N–H and O–H groups in total. The molecule has 152 valence electrons. The molecule has 0 spiro atoms. The zero-order chi connectivity index (χ0) is 20.9. The van der Waals surface area contributed by atoms with Gasteiger partial charge in [0.05, 0.1) is 17.6 Å². The van der Waals surface area contributed by atoms with Crippen LogP contribution in [-0.4, -0.2) is 16.2 Å². The fourth-order valence-electron chi connectivity index (χ4n) is 2.94. The minimum Gasteiger partial charge on any atom is -0.481 e. The Bertz CT molecular complexity index is 802. The molecule has 0 heterocycles. The third-order valence-corrected chi connectivity index (χ3v) is 4.55. The zero-order valence-corrected chi connectivity index (χ0v) is 15.8. The molecule has 0 bridgehead atoms. The van der Waals surface area contributed by atoms with Gasteiger partial charge in [-0.25, -0.2) is 0 Å². The molecule has 0 fully saturated rings. The number of carboxylic acids is 1. The Morgan fingerprint density at radius 2 is 1.64 bits per heavy atom. The summed E-state index contributed by atoms with van der Waals surface area (Å²) >= 11 is 0. The predicted octanol–water partition coefficient (Wildman–Crippen LogP) is 4.31. The Balaban J connectivity index is 2.06. The van der Waals surface area contributed by atoms with Crippen molar-refractivity contribution in [3.63, 3.8) is 0 Å². The summed E-state index contributed by atoms with van der Waals surface area (Å²) in [7, 11) is 0. The molecule has 2 aromatic rings. The van der Waals surface area contributed by atoms with Crippen LogP contribution in [0.4, 0.5) is 13.2 Å². The normalized spacial score (nSPS) is 13.9. The molecule has 28 heavy (non-hydrogen) atoms. The van der Waals surface area contributed by atoms with Gasteiger partial charge in [-0.3, -0.25) is 4.79 Å². The highest BCUT2D eigenvalue weighted by Gasteiger charge is 2.29. The summed E-state index contributed by atoms with van der Waals surface area (Å²) in [6, 6.07) is 10.4. The number of alkyl halides is 3. The van der Waals surface area contributed by atoms with Crippen molar-refractivity contribution < 1.29 is 28.2 Å². The van der Waals surface area contributed by atoms with Crippen molar-refractivity contribution in [3.8, 4) is 0 Å². The minimum absolute atomic E-state index is 0.368. The van der Waals surface area contributed by atoms with Crippen molar-refractivity contribution in [1.29, 1.82) is 0 Å². The second kappa shape index (κ2) is 9.21. The lowest BCUT2D eigenvalue weighted by Gasteiger charge is -2.16. The van der Waals surface area contributed by atoms with Crippen LogP contribution in [0.25, 0.3) is 0 Å². The predicted molar refractivity (Wildman–Crippen MR) is 99.6 cm³/mol. The Morgan fingerprint density at radius 1 is 1.04 bits per heavy atom. The lowest BCUT2D eigenvalue weighted by molar-refractivity contribution is -0.141. The average Bonchev–Trinajstić information content (AvgIpc) is 2.61. The fourth-order valence-corrected chi connectivity index (χ4v) is 2.94. The number of benzene rings is 2. The summed E-state index contributed by atoms with van der Waals surface area (Å²) < 4.78 is 37.8. The standard InChI is InChI=1S/C21H24F3NO3/c1-13(20(27)28)9-16-5-8-19(14(2)26)17(10-16)12-25-11-15-3-6-18(7-4-15)21(22,23)24/h3-8,10,13-14,25-26H,9,11-12H2,1-2H3,(H,27,28). The number of hydrogen-bond donors (Lipinski definition) is 3. The number of carboxylic acid groups (broad SMARTS) is 1. The number of nitrogens with one attached hydrogen (secondary N) is 1. The second-order valence-electron chi connectivity index (χ2n) is 6.95. The molecule has 0 saturated heterocycles. The van der Waals surface area contributed by atoms with Gasteiger partial charge in [0, 0.05) is 13.1 Å². The second-order valence-corrected chi connectivity index (χ2v) is 6.95. The van der Waals surface area contributed by atoms with Gasteiger partial charge in [0.15, 0.2) is 0 Å². The molecule has 0 aliphatic rings. The summed E-state index contributed by atoms with van der Waals surface area (Å²) in [6.07, 6.45) is -4.67. The molecular weight excluding hydrogens is 371 g/mol. The molecule has 2 rings (SSSR count). The van der Waals surface area contributed by atoms with Crippen molar-refractivity contribution in [1.82, 2.24) is 5.32 Å². The fraction of sp³-hybridized carbons (Fsp3) is 0.381. The molecule has 2 aromatic carbocycles. The Morgan fingerprint density at radius 3 is 2.18 bits per heavy atom. The molecule has 0 aliphatic carbocycles. The average molecular weight is 395 g/mol. The van der Waals surface area contributed by atoms with Crippen LogP contribution in [0, 0.1) is 5.92 Å². The number of halogens is 3. The molecule has 2 atom stereocenters. The molecule has 2 unspecified atom stereocenters. The highest BCUT2D eigenvalue weighted by molar-refractivity contribution is 5.69. The number of hydrogen-bond acceptors (Lipinski definition) is 3. The van der Waals surface area contributed by atoms with E-state index in [1.807, 2.05) is 6.07 Å². The van der Waals surface area contributed by atoms with E-state index < -0.39 is 29.7 Å². The van der Waals surface area contributed by atoms with Gasteiger partial charge in [-0.1, -0.05) is 37.3 Å². The Hall–Kier alpha value is -2.38. The molecule has 7 heteroatoms. The van der Waals surface area contributed by atoms with Crippen LogP contribution in [0.2, 0.25) is 0 Å². The lowest BCUT2D eigenvalue weighted by Crippen LogP contribution is -2.16. The van der Waals surface area contributed by atoms with Crippen LogP contribution < -0.4 is 5.32 Å². The number of aliphatic carboxylic acids is 1. The van der Waals surface area contributed by atoms with E-state index in [-0.39, 0.29) is 0 Å². The zero-order valence-electron chi connectivity index (χ0n) is 15.8. The smallest absolute Gasteiger partial charge is 0.416 e. The van der Waals surface area contributed by atoms with Crippen LogP contribution in [0.1, 0.15) is 47.8 Å². The molecule has 0 saturated carbocycles. The van der Waals surface area contributed by atoms with Crippen molar-refractivity contribution in [2.75, 3.05) is 0 Å². The molecule has 0 aromatic heterocycles. The molecule has 0 amide bonds. The van der Waals surface area contributed by atoms with Crippen LogP contribution >= 0.6 is 0 Å². The Kier molecular flexibility index (Phi) is 7.21. The first kappa shape index (κ1) is 21.9. The first-order valence-electron chi connectivity index (χ1n) is 8.97. The van der Waals surface area contributed by atoms with E-state index in [1.165, 1.54) is 12.1 Å². The maximum atomic E-state index is 12.6. The summed E-state index contributed by atoms with van der Waals surface area (Å²) in [5.74, 6) is -1.40. The third kappa shape index (κ3) is 6.07. The number of aliphatic hydroxyl groups excluding tert-OH is 1. The topological polar surface area (TPSA) is 69.6 Å². The molecule has 4 nitrogen and oxygen atoms in total. The summed E-state index contributed by atoms with van der Waals surface area (Å²) in [4.78, 5) is 11.1. The van der Waals surface area contributed by atoms with E-state index in [1.54, 1.807) is 26.0 Å². The van der Waals surface area contributed by atoms with Crippen LogP contribution in [0.5, 0.6) is 0 Å². The summed E-state index contributed by atoms with van der Waals surface area (Å²) in [5.41, 5.74) is 2.43. The maximum Gasteiger partial charge on any atom is 0.416 e. The number of carbonyl (C=O) groups is 1. The highest BCUT2D eigenvalue weighted by atomic mass is 19.4. The quantitative estimate of drug-likeness (QED) is 0.623. The van der Waals surface area contributed by atoms with E-state index in [2.05, 4.69) is 5.32 Å². The maximum absolute atomic E-state index is 12.6. The lowest BCUT2D eigenvalue weighted by atomic mass is 9.95. The largest absolute Gasteiger partial charge is 0.481 e. The van der Waals surface area contributed by atoms with Gasteiger partial charge in [0.25, 0.3) is 0 Å². The van der Waals surface area contributed by atoms with Crippen molar-refractivity contribution in [3.05, 3.63) is 70.3 Å². The van der Waals surface area contributed by atoms with E-state index in [0.717, 1.165) is 28.8 Å². The van der Waals surface area contributed by atoms with Gasteiger partial charge in [-0.05, 0) is 47.7 Å². The van der Waals surface area contributed by atoms with Gasteiger partial charge in [0.1, 0.15) is 0 Å². The van der Waals surface area contributed by atoms with E-state index >= 15 is 0 Å². The van der Waals surface area contributed by atoms with E-state index in [9.17, 15) is 23.1 Å². The molecular formula is C21H24F3NO3. The van der Waals surface area contributed by atoms with Crippen LogP contribution in [0.3, 0.4) is 0 Å². The van der Waals surface area contributed by atoms with Gasteiger partial charge >= 0.3 is 12.1 Å². The monoisotopic (exact) mass is 395 g/mol. The highest BCUT2D eigenvalue weighted by Crippen LogP contribution is 2.29. The van der Waals surface area contributed by atoms with Crippen LogP contribution in [0.15, 0.2) is 42.5 Å². The summed E-state index contributed by atoms with van der Waals surface area (Å²) in [6.45, 7) is 4.05. The number of aliphatic hydroxyl groups is 1. The molecule has 0 radical (unpaired) electrons. The SMILES string of the molecule is CC(Cc1ccc(C(C)O)c(CNCc2ccc(C(F)(F)F)cc2)c1)C(=O)O. The molecule has 0 aliphatic heterocycles. The van der Waals surface area contributed by atoms with Gasteiger partial charge in [-0.15, -0.1) is 0 Å². The number of rotatable bonds is 8. The Labute approximate surface area is 162 Å². The first-order chi connectivity index (χ1) is 13.1. The van der Waals surface area contributed by atoms with Gasteiger partial charge < -0.3 is 15.5 Å². The first-order valence-corrected chi connectivity index (χ1v) is 8.97. The van der Waals surface area contributed by atoms with Crippen LogP contribution in [-0.2, 0) is 30.5 Å².